The van der Waals surface area contributed by atoms with Gasteiger partial charge in [-0.05, 0) is 49.6 Å². The summed E-state index contributed by atoms with van der Waals surface area (Å²) in [6.45, 7) is 2.01. The standard InChI is InChI=1S/C16H15N3S/c1-12-11-19(14-5-7-15(20-2)8-6-14)16(18-12)13-4-3-9-17-10-13/h3-11H,1-2H3. The first-order chi connectivity index (χ1) is 9.78. The molecule has 100 valence electrons. The summed E-state index contributed by atoms with van der Waals surface area (Å²) in [6, 6.07) is 12.5. The molecule has 3 nitrogen and oxygen atoms in total. The average molecular weight is 281 g/mol. The van der Waals surface area contributed by atoms with Gasteiger partial charge in [0, 0.05) is 34.7 Å². The zero-order chi connectivity index (χ0) is 13.9. The number of pyridine rings is 1. The van der Waals surface area contributed by atoms with Crippen molar-refractivity contribution in [2.45, 2.75) is 11.8 Å². The van der Waals surface area contributed by atoms with Crippen LogP contribution in [0.5, 0.6) is 0 Å². The zero-order valence-electron chi connectivity index (χ0n) is 11.4. The number of aromatic nitrogens is 3. The van der Waals surface area contributed by atoms with Crippen molar-refractivity contribution in [3.63, 3.8) is 0 Å². The van der Waals surface area contributed by atoms with Gasteiger partial charge in [0.05, 0.1) is 5.69 Å². The van der Waals surface area contributed by atoms with Gasteiger partial charge in [0.15, 0.2) is 0 Å². The Morgan fingerprint density at radius 1 is 1.10 bits per heavy atom. The van der Waals surface area contributed by atoms with Crippen LogP contribution in [0, 0.1) is 6.92 Å². The molecule has 3 aromatic rings. The molecule has 1 aromatic carbocycles. The second-order valence-corrected chi connectivity index (χ2v) is 5.40. The first-order valence-corrected chi connectivity index (χ1v) is 7.61. The van der Waals surface area contributed by atoms with E-state index in [1.165, 1.54) is 4.90 Å². The Bertz CT molecular complexity index is 702. The molecule has 0 amide bonds. The first-order valence-electron chi connectivity index (χ1n) is 6.39. The summed E-state index contributed by atoms with van der Waals surface area (Å²) in [5.41, 5.74) is 3.13. The topological polar surface area (TPSA) is 30.7 Å². The van der Waals surface area contributed by atoms with Gasteiger partial charge in [0.25, 0.3) is 0 Å². The summed E-state index contributed by atoms with van der Waals surface area (Å²) in [6.07, 6.45) is 7.75. The molecular weight excluding hydrogens is 266 g/mol. The van der Waals surface area contributed by atoms with Crippen molar-refractivity contribution in [2.75, 3.05) is 6.26 Å². The van der Waals surface area contributed by atoms with Crippen LogP contribution >= 0.6 is 11.8 Å². The smallest absolute Gasteiger partial charge is 0.146 e. The van der Waals surface area contributed by atoms with Gasteiger partial charge in [-0.3, -0.25) is 9.55 Å². The maximum Gasteiger partial charge on any atom is 0.146 e. The van der Waals surface area contributed by atoms with E-state index < -0.39 is 0 Å². The number of hydrogen-bond donors (Lipinski definition) is 0. The molecule has 0 aliphatic heterocycles. The fourth-order valence-electron chi connectivity index (χ4n) is 2.14. The third-order valence-corrected chi connectivity index (χ3v) is 3.84. The highest BCUT2D eigenvalue weighted by atomic mass is 32.2. The van der Waals surface area contributed by atoms with Gasteiger partial charge in [0.1, 0.15) is 5.82 Å². The molecule has 0 spiro atoms. The molecule has 0 radical (unpaired) electrons. The van der Waals surface area contributed by atoms with Gasteiger partial charge in [-0.1, -0.05) is 0 Å². The van der Waals surface area contributed by atoms with E-state index in [2.05, 4.69) is 51.3 Å². The van der Waals surface area contributed by atoms with Crippen molar-refractivity contribution in [3.8, 4) is 17.1 Å². The van der Waals surface area contributed by atoms with Crippen LogP contribution in [0.25, 0.3) is 17.1 Å². The van der Waals surface area contributed by atoms with E-state index in [-0.39, 0.29) is 0 Å². The van der Waals surface area contributed by atoms with Gasteiger partial charge in [-0.15, -0.1) is 11.8 Å². The van der Waals surface area contributed by atoms with Crippen LogP contribution in [0.2, 0.25) is 0 Å². The minimum atomic E-state index is 0.924. The number of benzene rings is 1. The Balaban J connectivity index is 2.09. The molecule has 0 saturated heterocycles. The van der Waals surface area contributed by atoms with E-state index in [9.17, 15) is 0 Å². The minimum absolute atomic E-state index is 0.924. The molecule has 2 heterocycles. The second-order valence-electron chi connectivity index (χ2n) is 4.52. The quantitative estimate of drug-likeness (QED) is 0.681. The average Bonchev–Trinajstić information content (AvgIpc) is 2.90. The molecule has 0 saturated carbocycles. The number of rotatable bonds is 3. The summed E-state index contributed by atoms with van der Waals surface area (Å²) < 4.78 is 2.11. The molecule has 4 heteroatoms. The van der Waals surface area contributed by atoms with E-state index in [1.807, 2.05) is 25.3 Å². The summed E-state index contributed by atoms with van der Waals surface area (Å²) in [7, 11) is 0. The van der Waals surface area contributed by atoms with Gasteiger partial charge < -0.3 is 0 Å². The van der Waals surface area contributed by atoms with Crippen LogP contribution in [0.4, 0.5) is 0 Å². The van der Waals surface area contributed by atoms with Gasteiger partial charge in [-0.25, -0.2) is 4.98 Å². The van der Waals surface area contributed by atoms with Gasteiger partial charge in [0.2, 0.25) is 0 Å². The number of nitrogens with zero attached hydrogens (tertiary/aromatic N) is 3. The second kappa shape index (κ2) is 5.51. The monoisotopic (exact) mass is 281 g/mol. The van der Waals surface area contributed by atoms with Crippen molar-refractivity contribution < 1.29 is 0 Å². The van der Waals surface area contributed by atoms with E-state index in [0.29, 0.717) is 0 Å². The Morgan fingerprint density at radius 2 is 1.90 bits per heavy atom. The van der Waals surface area contributed by atoms with Crippen molar-refractivity contribution in [1.29, 1.82) is 0 Å². The fraction of sp³-hybridized carbons (Fsp3) is 0.125. The molecular formula is C16H15N3S. The highest BCUT2D eigenvalue weighted by Crippen LogP contribution is 2.24. The molecule has 3 rings (SSSR count). The van der Waals surface area contributed by atoms with Crippen LogP contribution in [0.3, 0.4) is 0 Å². The highest BCUT2D eigenvalue weighted by Gasteiger charge is 2.09. The van der Waals surface area contributed by atoms with Gasteiger partial charge >= 0.3 is 0 Å². The molecule has 0 aliphatic carbocycles. The number of imidazole rings is 1. The lowest BCUT2D eigenvalue weighted by Crippen LogP contribution is -1.96. The number of aryl methyl sites for hydroxylation is 1. The lowest BCUT2D eigenvalue weighted by Gasteiger charge is -2.08. The molecule has 0 N–H and O–H groups in total. The van der Waals surface area contributed by atoms with Crippen LogP contribution in [-0.2, 0) is 0 Å². The maximum absolute atomic E-state index is 4.62. The Labute approximate surface area is 122 Å². The normalized spacial score (nSPS) is 10.7. The fourth-order valence-corrected chi connectivity index (χ4v) is 2.54. The number of thioether (sulfide) groups is 1. The molecule has 0 unspecified atom stereocenters. The van der Waals surface area contributed by atoms with E-state index in [0.717, 1.165) is 22.8 Å². The van der Waals surface area contributed by atoms with Crippen LogP contribution < -0.4 is 0 Å². The zero-order valence-corrected chi connectivity index (χ0v) is 12.3. The summed E-state index contributed by atoms with van der Waals surface area (Å²) >= 11 is 1.74. The minimum Gasteiger partial charge on any atom is -0.299 e. The SMILES string of the molecule is CSc1ccc(-n2cc(C)nc2-c2cccnc2)cc1. The Hall–Kier alpha value is -2.07. The summed E-state index contributed by atoms with van der Waals surface area (Å²) in [5.74, 6) is 0.924. The number of hydrogen-bond acceptors (Lipinski definition) is 3. The van der Waals surface area contributed by atoms with E-state index in [1.54, 1.807) is 18.0 Å². The van der Waals surface area contributed by atoms with Gasteiger partial charge in [-0.2, -0.15) is 0 Å². The molecule has 0 aliphatic rings. The highest BCUT2D eigenvalue weighted by molar-refractivity contribution is 7.98. The first kappa shape index (κ1) is 12.9. The predicted molar refractivity (Wildman–Crippen MR) is 83.3 cm³/mol. The Kier molecular flexibility index (Phi) is 3.56. The van der Waals surface area contributed by atoms with E-state index in [4.69, 9.17) is 0 Å². The van der Waals surface area contributed by atoms with Crippen LogP contribution in [-0.4, -0.2) is 20.8 Å². The largest absolute Gasteiger partial charge is 0.299 e. The summed E-state index contributed by atoms with van der Waals surface area (Å²) in [5, 5.41) is 0. The predicted octanol–water partition coefficient (Wildman–Crippen LogP) is 3.96. The van der Waals surface area contributed by atoms with Crippen molar-refractivity contribution in [2.24, 2.45) is 0 Å². The molecule has 0 fully saturated rings. The lowest BCUT2D eigenvalue weighted by atomic mass is 10.2. The van der Waals surface area contributed by atoms with Crippen molar-refractivity contribution >= 4 is 11.8 Å². The third kappa shape index (κ3) is 2.47. The third-order valence-electron chi connectivity index (χ3n) is 3.10. The van der Waals surface area contributed by atoms with Crippen LogP contribution in [0.15, 0.2) is 59.9 Å². The lowest BCUT2D eigenvalue weighted by molar-refractivity contribution is 1.06. The molecule has 20 heavy (non-hydrogen) atoms. The van der Waals surface area contributed by atoms with E-state index >= 15 is 0 Å². The van der Waals surface area contributed by atoms with Crippen LogP contribution in [0.1, 0.15) is 5.69 Å². The van der Waals surface area contributed by atoms with Crippen molar-refractivity contribution in [1.82, 2.24) is 14.5 Å². The van der Waals surface area contributed by atoms with Crippen molar-refractivity contribution in [3.05, 3.63) is 60.7 Å². The molecule has 0 bridgehead atoms. The maximum atomic E-state index is 4.62. The molecule has 2 aromatic heterocycles. The molecule has 0 atom stereocenters. The Morgan fingerprint density at radius 3 is 2.55 bits per heavy atom. The summed E-state index contributed by atoms with van der Waals surface area (Å²) in [4.78, 5) is 10.1.